The second kappa shape index (κ2) is 11.0. The summed E-state index contributed by atoms with van der Waals surface area (Å²) in [5, 5.41) is 16.1. The number of halogens is 1. The lowest BCUT2D eigenvalue weighted by atomic mass is 9.91. The molecule has 6 rings (SSSR count). The number of ether oxygens (including phenoxy) is 1. The molecule has 0 amide bonds. The number of likely N-dealkylation sites (tertiary alicyclic amines) is 1. The van der Waals surface area contributed by atoms with Gasteiger partial charge in [0.1, 0.15) is 29.9 Å². The van der Waals surface area contributed by atoms with E-state index in [-0.39, 0.29) is 17.9 Å². The molecule has 11 heteroatoms. The van der Waals surface area contributed by atoms with E-state index >= 15 is 0 Å². The van der Waals surface area contributed by atoms with E-state index < -0.39 is 5.60 Å². The summed E-state index contributed by atoms with van der Waals surface area (Å²) in [6.07, 6.45) is 9.39. The molecule has 1 aliphatic heterocycles. The van der Waals surface area contributed by atoms with Crippen molar-refractivity contribution in [2.75, 3.05) is 19.7 Å². The zero-order valence-corrected chi connectivity index (χ0v) is 21.9. The van der Waals surface area contributed by atoms with Crippen LogP contribution in [0, 0.1) is 5.82 Å². The first-order valence-electron chi connectivity index (χ1n) is 13.3. The smallest absolute Gasteiger partial charge is 0.264 e. The van der Waals surface area contributed by atoms with Crippen LogP contribution in [0.25, 0.3) is 16.7 Å². The number of fused-ring (bicyclic) bond motifs is 1. The third-order valence-corrected chi connectivity index (χ3v) is 7.36. The maximum atomic E-state index is 13.3. The van der Waals surface area contributed by atoms with Gasteiger partial charge in [-0.2, -0.15) is 5.10 Å². The topological polar surface area (TPSA) is 103 Å². The molecule has 1 aliphatic rings. The molecule has 40 heavy (non-hydrogen) atoms. The van der Waals surface area contributed by atoms with Crippen molar-refractivity contribution >= 4 is 11.0 Å². The first-order valence-corrected chi connectivity index (χ1v) is 13.3. The van der Waals surface area contributed by atoms with Gasteiger partial charge in [0.25, 0.3) is 5.56 Å². The summed E-state index contributed by atoms with van der Waals surface area (Å²) in [7, 11) is 0. The average Bonchev–Trinajstić information content (AvgIpc) is 3.64. The van der Waals surface area contributed by atoms with Crippen LogP contribution >= 0.6 is 0 Å². The molecule has 206 valence electrons. The van der Waals surface area contributed by atoms with Gasteiger partial charge in [-0.1, -0.05) is 18.2 Å². The fourth-order valence-corrected chi connectivity index (χ4v) is 5.09. The minimum absolute atomic E-state index is 0.157. The lowest BCUT2D eigenvalue weighted by molar-refractivity contribution is -0.0364. The molecule has 1 N–H and O–H groups in total. The van der Waals surface area contributed by atoms with E-state index in [0.717, 1.165) is 11.3 Å². The Morgan fingerprint density at radius 2 is 1.90 bits per heavy atom. The monoisotopic (exact) mass is 543 g/mol. The molecule has 0 unspecified atom stereocenters. The molecule has 5 aromatic rings. The van der Waals surface area contributed by atoms with Crippen LogP contribution < -0.4 is 10.3 Å². The number of imidazole rings is 1. The van der Waals surface area contributed by atoms with Crippen LogP contribution in [0.4, 0.5) is 4.39 Å². The fourth-order valence-electron chi connectivity index (χ4n) is 5.09. The Hall–Kier alpha value is -4.35. The Morgan fingerprint density at radius 3 is 2.67 bits per heavy atom. The largest absolute Gasteiger partial charge is 0.492 e. The van der Waals surface area contributed by atoms with E-state index in [1.165, 1.54) is 29.2 Å². The second-order valence-electron chi connectivity index (χ2n) is 10.2. The molecule has 3 aromatic heterocycles. The van der Waals surface area contributed by atoms with E-state index in [0.29, 0.717) is 62.4 Å². The van der Waals surface area contributed by atoms with Gasteiger partial charge >= 0.3 is 0 Å². The minimum atomic E-state index is -1.02. The maximum Gasteiger partial charge on any atom is 0.264 e. The number of aromatic nitrogens is 6. The Labute approximate surface area is 229 Å². The Morgan fingerprint density at radius 1 is 1.07 bits per heavy atom. The maximum absolute atomic E-state index is 13.3. The van der Waals surface area contributed by atoms with Gasteiger partial charge in [-0.15, -0.1) is 0 Å². The molecule has 0 radical (unpaired) electrons. The van der Waals surface area contributed by atoms with Crippen molar-refractivity contribution in [2.24, 2.45) is 0 Å². The lowest BCUT2D eigenvalue weighted by Gasteiger charge is -2.38. The van der Waals surface area contributed by atoms with Crippen LogP contribution in [0.1, 0.15) is 18.4 Å². The molecular formula is C29H30FN7O3. The highest BCUT2D eigenvalue weighted by Crippen LogP contribution is 2.25. The number of hydrogen-bond donors (Lipinski definition) is 1. The van der Waals surface area contributed by atoms with Crippen LogP contribution in [-0.2, 0) is 19.6 Å². The van der Waals surface area contributed by atoms with Gasteiger partial charge in [0, 0.05) is 38.1 Å². The van der Waals surface area contributed by atoms with Crippen molar-refractivity contribution in [3.63, 3.8) is 0 Å². The zero-order chi connectivity index (χ0) is 27.5. The van der Waals surface area contributed by atoms with Crippen molar-refractivity contribution < 1.29 is 14.2 Å². The predicted molar refractivity (Wildman–Crippen MR) is 147 cm³/mol. The van der Waals surface area contributed by atoms with Crippen molar-refractivity contribution in [1.29, 1.82) is 0 Å². The summed E-state index contributed by atoms with van der Waals surface area (Å²) >= 11 is 0. The number of benzene rings is 2. The van der Waals surface area contributed by atoms with E-state index in [9.17, 15) is 14.3 Å². The van der Waals surface area contributed by atoms with Crippen LogP contribution in [0.15, 0.2) is 84.6 Å². The molecule has 0 atom stereocenters. The van der Waals surface area contributed by atoms with E-state index in [2.05, 4.69) is 20.0 Å². The summed E-state index contributed by atoms with van der Waals surface area (Å²) in [5.41, 5.74) is 0.939. The predicted octanol–water partition coefficient (Wildman–Crippen LogP) is 3.02. The quantitative estimate of drug-likeness (QED) is 0.305. The van der Waals surface area contributed by atoms with Crippen molar-refractivity contribution in [2.45, 2.75) is 38.1 Å². The highest BCUT2D eigenvalue weighted by molar-refractivity contribution is 5.75. The molecule has 0 spiro atoms. The second-order valence-corrected chi connectivity index (χ2v) is 10.2. The number of nitrogens with zero attached hydrogens (tertiary/aromatic N) is 7. The van der Waals surface area contributed by atoms with Gasteiger partial charge in [-0.25, -0.2) is 19.0 Å². The van der Waals surface area contributed by atoms with Gasteiger partial charge in [0.15, 0.2) is 5.65 Å². The standard InChI is InChI=1S/C29H30FN7O3/c30-23-6-4-22(5-7-23)18-34-11-8-29(39,9-12-34)19-36-21-32-27-26(28(36)38)17-33-37(27)24-2-1-3-25(16-24)40-15-14-35-13-10-31-20-35/h1-7,10,13,16-17,20-21,39H,8-9,11-12,14-15,18-19H2. The van der Waals surface area contributed by atoms with E-state index in [4.69, 9.17) is 4.74 Å². The van der Waals surface area contributed by atoms with E-state index in [1.807, 2.05) is 35.0 Å². The van der Waals surface area contributed by atoms with Crippen molar-refractivity contribution in [3.05, 3.63) is 102 Å². The van der Waals surface area contributed by atoms with Crippen molar-refractivity contribution in [1.82, 2.24) is 33.8 Å². The molecular weight excluding hydrogens is 513 g/mol. The van der Waals surface area contributed by atoms with Gasteiger partial charge in [0.05, 0.1) is 36.9 Å². The molecule has 0 saturated carbocycles. The molecule has 4 heterocycles. The Bertz CT molecular complexity index is 1640. The van der Waals surface area contributed by atoms with Gasteiger partial charge in [-0.3, -0.25) is 14.3 Å². The highest BCUT2D eigenvalue weighted by Gasteiger charge is 2.33. The van der Waals surface area contributed by atoms with Crippen LogP contribution in [0.3, 0.4) is 0 Å². The van der Waals surface area contributed by atoms with E-state index in [1.54, 1.807) is 29.3 Å². The molecule has 10 nitrogen and oxygen atoms in total. The fraction of sp³-hybridized carbons (Fsp3) is 0.310. The number of hydrogen-bond acceptors (Lipinski definition) is 7. The third-order valence-electron chi connectivity index (χ3n) is 7.36. The highest BCUT2D eigenvalue weighted by atomic mass is 19.1. The Balaban J connectivity index is 1.12. The number of rotatable bonds is 9. The molecule has 0 aliphatic carbocycles. The summed E-state index contributed by atoms with van der Waals surface area (Å²) < 4.78 is 24.1. The van der Waals surface area contributed by atoms with Gasteiger partial charge in [-0.05, 0) is 42.7 Å². The lowest BCUT2D eigenvalue weighted by Crippen LogP contribution is -2.47. The summed E-state index contributed by atoms with van der Waals surface area (Å²) in [5.74, 6) is 0.431. The van der Waals surface area contributed by atoms with Crippen LogP contribution in [0.2, 0.25) is 0 Å². The molecule has 2 aromatic carbocycles. The zero-order valence-electron chi connectivity index (χ0n) is 21.9. The van der Waals surface area contributed by atoms with Crippen LogP contribution in [0.5, 0.6) is 5.75 Å². The summed E-state index contributed by atoms with van der Waals surface area (Å²) in [6, 6.07) is 14.0. The molecule has 1 fully saturated rings. The third kappa shape index (κ3) is 5.65. The Kier molecular flexibility index (Phi) is 7.14. The minimum Gasteiger partial charge on any atom is -0.492 e. The normalized spacial score (nSPS) is 15.4. The molecule has 1 saturated heterocycles. The SMILES string of the molecule is O=c1c2cnn(-c3cccc(OCCn4ccnc4)c3)c2ncn1CC1(O)CCN(Cc2ccc(F)cc2)CC1. The first-order chi connectivity index (χ1) is 19.5. The first kappa shape index (κ1) is 25.9. The van der Waals surface area contributed by atoms with Crippen LogP contribution in [-0.4, -0.2) is 64.2 Å². The number of aliphatic hydroxyl groups is 1. The van der Waals surface area contributed by atoms with Gasteiger partial charge in [0.2, 0.25) is 0 Å². The number of piperidine rings is 1. The summed E-state index contributed by atoms with van der Waals surface area (Å²) in [6.45, 7) is 3.36. The van der Waals surface area contributed by atoms with Crippen molar-refractivity contribution in [3.8, 4) is 11.4 Å². The molecule has 0 bridgehead atoms. The average molecular weight is 544 g/mol. The van der Waals surface area contributed by atoms with Gasteiger partial charge < -0.3 is 14.4 Å². The summed E-state index contributed by atoms with van der Waals surface area (Å²) in [4.78, 5) is 24.1.